The molecule has 0 aromatic carbocycles. The summed E-state index contributed by atoms with van der Waals surface area (Å²) in [6.07, 6.45) is 5.96. The molecule has 0 aromatic rings. The molecule has 0 aromatic heterocycles. The van der Waals surface area contributed by atoms with Gasteiger partial charge in [-0.05, 0) is 12.8 Å². The molecule has 0 radical (unpaired) electrons. The molecule has 1 atom stereocenters. The van der Waals surface area contributed by atoms with Gasteiger partial charge in [0.15, 0.2) is 0 Å². The van der Waals surface area contributed by atoms with Crippen molar-refractivity contribution in [2.45, 2.75) is 37.7 Å². The fraction of sp³-hybridized carbons (Fsp3) is 0.500. The highest BCUT2D eigenvalue weighted by Crippen LogP contribution is 2.32. The van der Waals surface area contributed by atoms with Crippen LogP contribution in [0.3, 0.4) is 0 Å². The van der Waals surface area contributed by atoms with E-state index in [1.807, 2.05) is 6.08 Å². The number of hydrogen-bond acceptors (Lipinski definition) is 1. The van der Waals surface area contributed by atoms with Gasteiger partial charge < -0.3 is 5.11 Å². The van der Waals surface area contributed by atoms with Gasteiger partial charge in [-0.1, -0.05) is 23.8 Å². The standard InChI is InChI=1S/C12H12O/c13-12-9-5-3-1-2-4-7-11(12)8-6-10-12/h8,13H,1-2,6,9-10H2. The molecule has 0 aliphatic heterocycles. The van der Waals surface area contributed by atoms with Gasteiger partial charge in [0.05, 0.1) is 0 Å². The number of aliphatic hydroxyl groups is 1. The second kappa shape index (κ2) is 3.29. The molecule has 1 unspecified atom stereocenters. The molecule has 2 aliphatic rings. The Balaban J connectivity index is 2.32. The van der Waals surface area contributed by atoms with Crippen molar-refractivity contribution in [1.29, 1.82) is 0 Å². The van der Waals surface area contributed by atoms with E-state index in [-0.39, 0.29) is 0 Å². The Morgan fingerprint density at radius 2 is 2.08 bits per heavy atom. The summed E-state index contributed by atoms with van der Waals surface area (Å²) in [5.74, 6) is 12.1. The molecule has 66 valence electrons. The highest BCUT2D eigenvalue weighted by atomic mass is 16.3. The van der Waals surface area contributed by atoms with E-state index in [0.717, 1.165) is 31.3 Å². The molecule has 2 aliphatic carbocycles. The van der Waals surface area contributed by atoms with Gasteiger partial charge in [0.2, 0.25) is 0 Å². The van der Waals surface area contributed by atoms with Gasteiger partial charge in [0.25, 0.3) is 0 Å². The molecule has 0 spiro atoms. The molecule has 1 nitrogen and oxygen atoms in total. The maximum Gasteiger partial charge on any atom is 0.108 e. The van der Waals surface area contributed by atoms with Gasteiger partial charge in [0.1, 0.15) is 5.60 Å². The van der Waals surface area contributed by atoms with Crippen LogP contribution in [-0.4, -0.2) is 10.7 Å². The van der Waals surface area contributed by atoms with E-state index in [1.165, 1.54) is 0 Å². The maximum absolute atomic E-state index is 10.2. The molecule has 0 amide bonds. The minimum atomic E-state index is -0.732. The van der Waals surface area contributed by atoms with E-state index in [2.05, 4.69) is 23.7 Å². The minimum Gasteiger partial charge on any atom is -0.383 e. The molecule has 13 heavy (non-hydrogen) atoms. The number of allylic oxidation sites excluding steroid dienone is 1. The van der Waals surface area contributed by atoms with Crippen molar-refractivity contribution in [2.75, 3.05) is 0 Å². The second-order valence-electron chi connectivity index (χ2n) is 3.52. The van der Waals surface area contributed by atoms with Crippen LogP contribution in [0.1, 0.15) is 32.1 Å². The number of rotatable bonds is 0. The summed E-state index contributed by atoms with van der Waals surface area (Å²) in [6.45, 7) is 0. The molecular formula is C12H12O. The summed E-state index contributed by atoms with van der Waals surface area (Å²) in [7, 11) is 0. The van der Waals surface area contributed by atoms with Crippen molar-refractivity contribution in [1.82, 2.24) is 0 Å². The third kappa shape index (κ3) is 1.62. The van der Waals surface area contributed by atoms with Crippen LogP contribution in [-0.2, 0) is 0 Å². The van der Waals surface area contributed by atoms with Crippen molar-refractivity contribution < 1.29 is 5.11 Å². The van der Waals surface area contributed by atoms with E-state index in [0.29, 0.717) is 6.42 Å². The lowest BCUT2D eigenvalue weighted by Gasteiger charge is -2.20. The maximum atomic E-state index is 10.2. The normalized spacial score (nSPS) is 30.7. The van der Waals surface area contributed by atoms with Gasteiger partial charge in [0, 0.05) is 24.8 Å². The zero-order chi connectivity index (χ0) is 9.15. The Hall–Kier alpha value is -1.18. The molecule has 1 heteroatoms. The van der Waals surface area contributed by atoms with Gasteiger partial charge in [-0.25, -0.2) is 0 Å². The monoisotopic (exact) mass is 172 g/mol. The van der Waals surface area contributed by atoms with E-state index >= 15 is 0 Å². The summed E-state index contributed by atoms with van der Waals surface area (Å²) >= 11 is 0. The van der Waals surface area contributed by atoms with E-state index in [4.69, 9.17) is 0 Å². The predicted octanol–water partition coefficient (Wildman–Crippen LogP) is 1.63. The minimum absolute atomic E-state index is 0.549. The van der Waals surface area contributed by atoms with Crippen LogP contribution < -0.4 is 0 Å². The second-order valence-corrected chi connectivity index (χ2v) is 3.52. The molecule has 0 fully saturated rings. The first kappa shape index (κ1) is 8.42. The Labute approximate surface area is 78.8 Å². The smallest absolute Gasteiger partial charge is 0.108 e. The van der Waals surface area contributed by atoms with Crippen LogP contribution in [0.5, 0.6) is 0 Å². The first-order valence-electron chi connectivity index (χ1n) is 4.69. The Kier molecular flexibility index (Phi) is 2.13. The van der Waals surface area contributed by atoms with Crippen LogP contribution >= 0.6 is 0 Å². The van der Waals surface area contributed by atoms with Crippen LogP contribution in [0.15, 0.2) is 11.6 Å². The quantitative estimate of drug-likeness (QED) is 0.551. The molecule has 0 saturated heterocycles. The lowest BCUT2D eigenvalue weighted by atomic mass is 9.92. The zero-order valence-corrected chi connectivity index (χ0v) is 7.56. The molecule has 0 bridgehead atoms. The molecule has 0 saturated carbocycles. The molecular weight excluding hydrogens is 160 g/mol. The summed E-state index contributed by atoms with van der Waals surface area (Å²) in [5, 5.41) is 10.2. The van der Waals surface area contributed by atoms with Gasteiger partial charge >= 0.3 is 0 Å². The van der Waals surface area contributed by atoms with E-state index in [1.54, 1.807) is 0 Å². The number of hydrogen-bond donors (Lipinski definition) is 1. The average molecular weight is 172 g/mol. The highest BCUT2D eigenvalue weighted by Gasteiger charge is 2.33. The molecule has 1 N–H and O–H groups in total. The number of fused-ring (bicyclic) bond motifs is 1. The first-order chi connectivity index (χ1) is 6.31. The third-order valence-corrected chi connectivity index (χ3v) is 2.51. The summed E-state index contributed by atoms with van der Waals surface area (Å²) < 4.78 is 0. The van der Waals surface area contributed by atoms with Gasteiger partial charge in [-0.15, -0.1) is 5.92 Å². The average Bonchev–Trinajstić information content (AvgIpc) is 2.47. The Bertz CT molecular complexity index is 356. The van der Waals surface area contributed by atoms with Crippen molar-refractivity contribution in [2.24, 2.45) is 0 Å². The Morgan fingerprint density at radius 3 is 3.00 bits per heavy atom. The van der Waals surface area contributed by atoms with Gasteiger partial charge in [-0.3, -0.25) is 0 Å². The third-order valence-electron chi connectivity index (χ3n) is 2.51. The van der Waals surface area contributed by atoms with Crippen molar-refractivity contribution in [3.8, 4) is 23.7 Å². The zero-order valence-electron chi connectivity index (χ0n) is 7.56. The first-order valence-corrected chi connectivity index (χ1v) is 4.69. The lowest BCUT2D eigenvalue weighted by Crippen LogP contribution is -2.26. The molecule has 0 heterocycles. The predicted molar refractivity (Wildman–Crippen MR) is 51.7 cm³/mol. The lowest BCUT2D eigenvalue weighted by molar-refractivity contribution is 0.0893. The van der Waals surface area contributed by atoms with Crippen molar-refractivity contribution in [3.05, 3.63) is 11.6 Å². The van der Waals surface area contributed by atoms with E-state index < -0.39 is 5.60 Å². The summed E-state index contributed by atoms with van der Waals surface area (Å²) in [5.41, 5.74) is 0.161. The highest BCUT2D eigenvalue weighted by molar-refractivity contribution is 5.41. The van der Waals surface area contributed by atoms with Crippen LogP contribution in [0.2, 0.25) is 0 Å². The summed E-state index contributed by atoms with van der Waals surface area (Å²) in [4.78, 5) is 0. The van der Waals surface area contributed by atoms with E-state index in [9.17, 15) is 5.11 Å². The van der Waals surface area contributed by atoms with Crippen LogP contribution in [0.25, 0.3) is 0 Å². The largest absolute Gasteiger partial charge is 0.383 e. The Morgan fingerprint density at radius 1 is 1.23 bits per heavy atom. The topological polar surface area (TPSA) is 20.2 Å². The SMILES string of the molecule is OC12CC#CCCC#CC1=CCC2. The fourth-order valence-corrected chi connectivity index (χ4v) is 1.71. The van der Waals surface area contributed by atoms with Crippen LogP contribution in [0.4, 0.5) is 0 Å². The van der Waals surface area contributed by atoms with Crippen LogP contribution in [0, 0.1) is 23.7 Å². The van der Waals surface area contributed by atoms with Crippen molar-refractivity contribution in [3.63, 3.8) is 0 Å². The molecule has 2 rings (SSSR count). The van der Waals surface area contributed by atoms with Gasteiger partial charge in [-0.2, -0.15) is 0 Å². The fourth-order valence-electron chi connectivity index (χ4n) is 1.71. The summed E-state index contributed by atoms with van der Waals surface area (Å²) in [6, 6.07) is 0. The van der Waals surface area contributed by atoms with Crippen molar-refractivity contribution >= 4 is 0 Å².